The molecule has 0 radical (unpaired) electrons. The molecule has 1 unspecified atom stereocenters. The van der Waals surface area contributed by atoms with Crippen molar-refractivity contribution in [2.24, 2.45) is 11.8 Å². The number of carbonyl (C=O) groups excluding carboxylic acids is 1. The van der Waals surface area contributed by atoms with Crippen molar-refractivity contribution >= 4 is 11.8 Å². The molecule has 1 aliphatic rings. The van der Waals surface area contributed by atoms with Crippen LogP contribution in [0.3, 0.4) is 0 Å². The van der Waals surface area contributed by atoms with E-state index in [4.69, 9.17) is 5.11 Å². The fourth-order valence-corrected chi connectivity index (χ4v) is 3.02. The molecule has 0 spiro atoms. The minimum Gasteiger partial charge on any atom is -0.477 e. The van der Waals surface area contributed by atoms with Crippen LogP contribution in [0.15, 0.2) is 0 Å². The Kier molecular flexibility index (Phi) is 6.62. The minimum absolute atomic E-state index is 0.0421. The number of aliphatic hydroxyl groups is 1. The number of carboxylic acids is 1. The Morgan fingerprint density at radius 1 is 1.40 bits per heavy atom. The SMILES string of the molecule is CCCCC[C@H]1CCC(=O)[C@@H]1CCC(O)(OC)C(=O)O. The zero-order chi connectivity index (χ0) is 15.2. The van der Waals surface area contributed by atoms with Crippen molar-refractivity contribution in [2.45, 2.75) is 64.1 Å². The fourth-order valence-electron chi connectivity index (χ4n) is 3.02. The highest BCUT2D eigenvalue weighted by molar-refractivity contribution is 5.83. The first-order valence-corrected chi connectivity index (χ1v) is 7.48. The molecule has 0 heterocycles. The van der Waals surface area contributed by atoms with Crippen molar-refractivity contribution in [2.75, 3.05) is 7.11 Å². The number of ketones is 1. The predicted molar refractivity (Wildman–Crippen MR) is 74.2 cm³/mol. The number of unbranched alkanes of at least 4 members (excludes halogenated alkanes) is 2. The number of hydrogen-bond donors (Lipinski definition) is 2. The largest absolute Gasteiger partial charge is 0.477 e. The molecule has 0 bridgehead atoms. The smallest absolute Gasteiger partial charge is 0.364 e. The van der Waals surface area contributed by atoms with Gasteiger partial charge in [-0.2, -0.15) is 0 Å². The van der Waals surface area contributed by atoms with Gasteiger partial charge in [-0.05, 0) is 25.2 Å². The first-order chi connectivity index (χ1) is 9.44. The van der Waals surface area contributed by atoms with E-state index < -0.39 is 11.8 Å². The van der Waals surface area contributed by atoms with Crippen LogP contribution in [0, 0.1) is 11.8 Å². The van der Waals surface area contributed by atoms with E-state index >= 15 is 0 Å². The van der Waals surface area contributed by atoms with Gasteiger partial charge in [0.25, 0.3) is 5.79 Å². The van der Waals surface area contributed by atoms with Crippen LogP contribution in [-0.2, 0) is 14.3 Å². The third-order valence-electron chi connectivity index (χ3n) is 4.39. The molecule has 0 saturated heterocycles. The number of aliphatic carboxylic acids is 1. The molecular formula is C15H26O5. The third kappa shape index (κ3) is 4.28. The molecular weight excluding hydrogens is 260 g/mol. The summed E-state index contributed by atoms with van der Waals surface area (Å²) >= 11 is 0. The highest BCUT2D eigenvalue weighted by Crippen LogP contribution is 2.37. The van der Waals surface area contributed by atoms with Crippen LogP contribution < -0.4 is 0 Å². The van der Waals surface area contributed by atoms with E-state index in [0.717, 1.165) is 32.1 Å². The number of hydrogen-bond acceptors (Lipinski definition) is 4. The summed E-state index contributed by atoms with van der Waals surface area (Å²) < 4.78 is 4.67. The Labute approximate surface area is 120 Å². The van der Waals surface area contributed by atoms with Crippen molar-refractivity contribution in [3.05, 3.63) is 0 Å². The second-order valence-corrected chi connectivity index (χ2v) is 5.70. The molecule has 20 heavy (non-hydrogen) atoms. The van der Waals surface area contributed by atoms with E-state index in [0.29, 0.717) is 18.8 Å². The summed E-state index contributed by atoms with van der Waals surface area (Å²) in [6.07, 6.45) is 6.25. The fraction of sp³-hybridized carbons (Fsp3) is 0.867. The van der Waals surface area contributed by atoms with Gasteiger partial charge in [0.05, 0.1) is 0 Å². The number of Topliss-reactive ketones (excluding diaryl/α,β-unsaturated/α-hetero) is 1. The Bertz CT molecular complexity index is 341. The summed E-state index contributed by atoms with van der Waals surface area (Å²) in [4.78, 5) is 22.9. The first kappa shape index (κ1) is 17.1. The topological polar surface area (TPSA) is 83.8 Å². The molecule has 1 rings (SSSR count). The lowest BCUT2D eigenvalue weighted by molar-refractivity contribution is -0.217. The standard InChI is InChI=1S/C15H26O5/c1-3-4-5-6-11-7-8-13(16)12(11)9-10-15(19,20-2)14(17)18/h11-12,19H,3-10H2,1-2H3,(H,17,18)/t11-,12+,15?/m0/s1. The van der Waals surface area contributed by atoms with Gasteiger partial charge in [-0.1, -0.05) is 26.2 Å². The number of rotatable bonds is 9. The van der Waals surface area contributed by atoms with Crippen LogP contribution in [-0.4, -0.2) is 34.9 Å². The van der Waals surface area contributed by atoms with Crippen molar-refractivity contribution < 1.29 is 24.5 Å². The van der Waals surface area contributed by atoms with E-state index in [1.807, 2.05) is 0 Å². The van der Waals surface area contributed by atoms with Crippen molar-refractivity contribution in [1.29, 1.82) is 0 Å². The monoisotopic (exact) mass is 286 g/mol. The van der Waals surface area contributed by atoms with Gasteiger partial charge in [0.1, 0.15) is 5.78 Å². The van der Waals surface area contributed by atoms with Crippen molar-refractivity contribution in [3.63, 3.8) is 0 Å². The highest BCUT2D eigenvalue weighted by atomic mass is 16.6. The number of carboxylic acid groups (broad SMARTS) is 1. The van der Waals surface area contributed by atoms with Crippen LogP contribution in [0.5, 0.6) is 0 Å². The maximum Gasteiger partial charge on any atom is 0.364 e. The summed E-state index contributed by atoms with van der Waals surface area (Å²) in [6.45, 7) is 2.14. The van der Waals surface area contributed by atoms with Crippen LogP contribution >= 0.6 is 0 Å². The number of methoxy groups -OCH3 is 1. The lowest BCUT2D eigenvalue weighted by atomic mass is 9.86. The minimum atomic E-state index is -2.17. The number of ether oxygens (including phenoxy) is 1. The van der Waals surface area contributed by atoms with E-state index in [2.05, 4.69) is 11.7 Å². The van der Waals surface area contributed by atoms with E-state index in [1.165, 1.54) is 7.11 Å². The van der Waals surface area contributed by atoms with Crippen molar-refractivity contribution in [1.82, 2.24) is 0 Å². The van der Waals surface area contributed by atoms with Gasteiger partial charge in [-0.25, -0.2) is 4.79 Å². The van der Waals surface area contributed by atoms with Gasteiger partial charge in [0.15, 0.2) is 0 Å². The molecule has 3 atom stereocenters. The Morgan fingerprint density at radius 2 is 2.10 bits per heavy atom. The lowest BCUT2D eigenvalue weighted by Gasteiger charge is -2.24. The van der Waals surface area contributed by atoms with E-state index in [9.17, 15) is 14.7 Å². The number of carbonyl (C=O) groups is 2. The van der Waals surface area contributed by atoms with Gasteiger partial charge in [0, 0.05) is 25.9 Å². The Hall–Kier alpha value is -0.940. The van der Waals surface area contributed by atoms with Gasteiger partial charge in [-0.15, -0.1) is 0 Å². The van der Waals surface area contributed by atoms with Gasteiger partial charge < -0.3 is 14.9 Å². The highest BCUT2D eigenvalue weighted by Gasteiger charge is 2.40. The molecule has 116 valence electrons. The average molecular weight is 286 g/mol. The molecule has 0 amide bonds. The van der Waals surface area contributed by atoms with Gasteiger partial charge >= 0.3 is 5.97 Å². The van der Waals surface area contributed by atoms with Crippen molar-refractivity contribution in [3.8, 4) is 0 Å². The van der Waals surface area contributed by atoms with Gasteiger partial charge in [-0.3, -0.25) is 4.79 Å². The van der Waals surface area contributed by atoms with E-state index in [1.54, 1.807) is 0 Å². The van der Waals surface area contributed by atoms with Crippen LogP contribution in [0.1, 0.15) is 58.3 Å². The maximum atomic E-state index is 11.9. The Balaban J connectivity index is 2.54. The maximum absolute atomic E-state index is 11.9. The van der Waals surface area contributed by atoms with Gasteiger partial charge in [0.2, 0.25) is 0 Å². The Morgan fingerprint density at radius 3 is 2.65 bits per heavy atom. The molecule has 1 fully saturated rings. The normalized spacial score (nSPS) is 25.6. The van der Waals surface area contributed by atoms with E-state index in [-0.39, 0.29) is 18.1 Å². The third-order valence-corrected chi connectivity index (χ3v) is 4.39. The quantitative estimate of drug-likeness (QED) is 0.502. The predicted octanol–water partition coefficient (Wildman–Crippen LogP) is 2.36. The summed E-state index contributed by atoms with van der Waals surface area (Å²) in [7, 11) is 1.17. The summed E-state index contributed by atoms with van der Waals surface area (Å²) in [5.41, 5.74) is 0. The summed E-state index contributed by atoms with van der Waals surface area (Å²) in [5.74, 6) is -3.14. The zero-order valence-corrected chi connectivity index (χ0v) is 12.4. The summed E-state index contributed by atoms with van der Waals surface area (Å²) in [6, 6.07) is 0. The van der Waals surface area contributed by atoms with Crippen LogP contribution in [0.2, 0.25) is 0 Å². The molecule has 0 aliphatic heterocycles. The lowest BCUT2D eigenvalue weighted by Crippen LogP contribution is -2.41. The molecule has 1 saturated carbocycles. The van der Waals surface area contributed by atoms with Crippen LogP contribution in [0.25, 0.3) is 0 Å². The molecule has 5 heteroatoms. The molecule has 0 aromatic heterocycles. The average Bonchev–Trinajstić information content (AvgIpc) is 2.77. The molecule has 0 aromatic rings. The summed E-state index contributed by atoms with van der Waals surface area (Å²) in [5, 5.41) is 18.8. The first-order valence-electron chi connectivity index (χ1n) is 7.48. The second-order valence-electron chi connectivity index (χ2n) is 5.70. The molecule has 0 aromatic carbocycles. The molecule has 1 aliphatic carbocycles. The molecule has 5 nitrogen and oxygen atoms in total. The van der Waals surface area contributed by atoms with Crippen LogP contribution in [0.4, 0.5) is 0 Å². The zero-order valence-electron chi connectivity index (χ0n) is 12.4. The second kappa shape index (κ2) is 7.74. The molecule has 2 N–H and O–H groups in total.